The molecule has 0 spiro atoms. The molecule has 0 radical (unpaired) electrons. The monoisotopic (exact) mass is 428 g/mol. The molecule has 5 rings (SSSR count). The number of unbranched alkanes of at least 4 members (excludes halogenated alkanes) is 1. The van der Waals surface area contributed by atoms with Crippen molar-refractivity contribution in [3.8, 4) is 11.4 Å². The third-order valence-corrected chi connectivity index (χ3v) is 6.46. The van der Waals surface area contributed by atoms with Crippen molar-refractivity contribution in [2.24, 2.45) is 0 Å². The molecule has 2 aromatic carbocycles. The van der Waals surface area contributed by atoms with E-state index in [-0.39, 0.29) is 0 Å². The highest BCUT2D eigenvalue weighted by Gasteiger charge is 2.19. The van der Waals surface area contributed by atoms with Crippen LogP contribution >= 0.6 is 0 Å². The molecule has 1 N–H and O–H groups in total. The van der Waals surface area contributed by atoms with Crippen LogP contribution in [0.1, 0.15) is 41.6 Å². The van der Waals surface area contributed by atoms with Crippen LogP contribution in [0.4, 0.5) is 5.69 Å². The fraction of sp³-hybridized carbons (Fsp3) is 0.370. The maximum absolute atomic E-state index is 6.01. The lowest BCUT2D eigenvalue weighted by Gasteiger charge is -2.25. The number of anilines is 1. The van der Waals surface area contributed by atoms with Crippen molar-refractivity contribution in [3.63, 3.8) is 0 Å². The Bertz CT molecular complexity index is 1100. The molecule has 3 heterocycles. The van der Waals surface area contributed by atoms with Crippen molar-refractivity contribution < 1.29 is 4.74 Å². The van der Waals surface area contributed by atoms with Gasteiger partial charge in [0.25, 0.3) is 0 Å². The quantitative estimate of drug-likeness (QED) is 0.521. The van der Waals surface area contributed by atoms with Gasteiger partial charge in [0.1, 0.15) is 5.75 Å². The molecule has 0 atom stereocenters. The van der Waals surface area contributed by atoms with Crippen molar-refractivity contribution in [1.29, 1.82) is 0 Å². The molecule has 5 nitrogen and oxygen atoms in total. The predicted octanol–water partition coefficient (Wildman–Crippen LogP) is 5.27. The first-order chi connectivity index (χ1) is 15.6. The molecule has 5 heteroatoms. The maximum Gasteiger partial charge on any atom is 0.121 e. The number of allylic oxidation sites excluding steroid dienone is 1. The van der Waals surface area contributed by atoms with E-state index in [0.717, 1.165) is 81.2 Å². The molecule has 3 aromatic rings. The molecule has 0 unspecified atom stereocenters. The Kier molecular flexibility index (Phi) is 5.99. The first-order valence-corrected chi connectivity index (χ1v) is 11.7. The molecule has 0 bridgehead atoms. The Morgan fingerprint density at radius 2 is 1.91 bits per heavy atom. The van der Waals surface area contributed by atoms with E-state index in [1.54, 1.807) is 0 Å². The van der Waals surface area contributed by atoms with Crippen molar-refractivity contribution in [1.82, 2.24) is 14.7 Å². The Balaban J connectivity index is 1.08. The van der Waals surface area contributed by atoms with E-state index in [2.05, 4.69) is 72.4 Å². The van der Waals surface area contributed by atoms with E-state index in [0.29, 0.717) is 0 Å². The average molecular weight is 429 g/mol. The van der Waals surface area contributed by atoms with Crippen LogP contribution in [0.3, 0.4) is 0 Å². The highest BCUT2D eigenvalue weighted by molar-refractivity contribution is 5.60. The third-order valence-electron chi connectivity index (χ3n) is 6.46. The largest absolute Gasteiger partial charge is 0.494 e. The molecule has 0 saturated carbocycles. The smallest absolute Gasteiger partial charge is 0.121 e. The minimum atomic E-state index is 0.754. The molecule has 0 aliphatic carbocycles. The summed E-state index contributed by atoms with van der Waals surface area (Å²) in [6.07, 6.45) is 7.50. The zero-order valence-electron chi connectivity index (χ0n) is 18.9. The Morgan fingerprint density at radius 3 is 2.78 bits per heavy atom. The average Bonchev–Trinajstić information content (AvgIpc) is 3.22. The number of hydrogen-bond acceptors (Lipinski definition) is 4. The molecule has 0 fully saturated rings. The third kappa shape index (κ3) is 4.73. The normalized spacial score (nSPS) is 15.7. The zero-order valence-corrected chi connectivity index (χ0v) is 18.9. The van der Waals surface area contributed by atoms with E-state index < -0.39 is 0 Å². The van der Waals surface area contributed by atoms with Gasteiger partial charge in [0.2, 0.25) is 0 Å². The Morgan fingerprint density at radius 1 is 1.03 bits per heavy atom. The fourth-order valence-corrected chi connectivity index (χ4v) is 4.54. The SMILES string of the molecule is C=C1CCc2ccc(OCCCCN3CCc4nn(-c5ccc(C)cc5)cc4C3)cc2N1. The predicted molar refractivity (Wildman–Crippen MR) is 130 cm³/mol. The Hall–Kier alpha value is -3.05. The van der Waals surface area contributed by atoms with Crippen LogP contribution in [0.2, 0.25) is 0 Å². The second-order valence-corrected chi connectivity index (χ2v) is 9.01. The minimum absolute atomic E-state index is 0.754. The standard InChI is InChI=1S/C27H32N4O/c1-20-5-10-24(11-6-20)31-19-23-18-30(15-13-26(23)29-31)14-3-4-16-32-25-12-9-22-8-7-21(2)28-27(22)17-25/h5-6,9-12,17,19,28H,2-4,7-8,13-16,18H2,1H3. The summed E-state index contributed by atoms with van der Waals surface area (Å²) < 4.78 is 8.04. The van der Waals surface area contributed by atoms with Crippen LogP contribution in [-0.4, -0.2) is 34.4 Å². The Labute approximate surface area is 190 Å². The number of nitrogens with one attached hydrogen (secondary N) is 1. The molecular formula is C27H32N4O. The second-order valence-electron chi connectivity index (χ2n) is 9.01. The van der Waals surface area contributed by atoms with Gasteiger partial charge >= 0.3 is 0 Å². The van der Waals surface area contributed by atoms with Crippen molar-refractivity contribution in [3.05, 3.63) is 83.3 Å². The van der Waals surface area contributed by atoms with Gasteiger partial charge in [-0.05, 0) is 62.9 Å². The minimum Gasteiger partial charge on any atom is -0.494 e. The number of benzene rings is 2. The lowest BCUT2D eigenvalue weighted by atomic mass is 10.0. The number of fused-ring (bicyclic) bond motifs is 2. The summed E-state index contributed by atoms with van der Waals surface area (Å²) in [6.45, 7) is 10.1. The number of rotatable bonds is 7. The molecule has 166 valence electrons. The highest BCUT2D eigenvalue weighted by atomic mass is 16.5. The summed E-state index contributed by atoms with van der Waals surface area (Å²) >= 11 is 0. The molecular weight excluding hydrogens is 396 g/mol. The summed E-state index contributed by atoms with van der Waals surface area (Å²) in [7, 11) is 0. The first kappa shape index (κ1) is 20.8. The number of aromatic nitrogens is 2. The van der Waals surface area contributed by atoms with E-state index in [9.17, 15) is 0 Å². The van der Waals surface area contributed by atoms with Gasteiger partial charge in [0.05, 0.1) is 18.0 Å². The van der Waals surface area contributed by atoms with Gasteiger partial charge in [0, 0.05) is 48.7 Å². The zero-order chi connectivity index (χ0) is 21.9. The fourth-order valence-electron chi connectivity index (χ4n) is 4.54. The molecule has 0 amide bonds. The van der Waals surface area contributed by atoms with Gasteiger partial charge in [-0.1, -0.05) is 30.3 Å². The van der Waals surface area contributed by atoms with Gasteiger partial charge in [0.15, 0.2) is 0 Å². The van der Waals surface area contributed by atoms with Crippen LogP contribution in [-0.2, 0) is 19.4 Å². The molecule has 2 aliphatic heterocycles. The lowest BCUT2D eigenvalue weighted by molar-refractivity contribution is 0.234. The number of hydrogen-bond donors (Lipinski definition) is 1. The van der Waals surface area contributed by atoms with Crippen LogP contribution in [0, 0.1) is 6.92 Å². The van der Waals surface area contributed by atoms with Gasteiger partial charge in [-0.25, -0.2) is 4.68 Å². The topological polar surface area (TPSA) is 42.3 Å². The van der Waals surface area contributed by atoms with E-state index in [4.69, 9.17) is 9.84 Å². The van der Waals surface area contributed by atoms with Gasteiger partial charge in [-0.2, -0.15) is 5.10 Å². The molecule has 0 saturated heterocycles. The number of nitrogens with zero attached hydrogens (tertiary/aromatic N) is 3. The molecule has 1 aromatic heterocycles. The van der Waals surface area contributed by atoms with Crippen LogP contribution in [0.25, 0.3) is 5.69 Å². The van der Waals surface area contributed by atoms with Gasteiger partial charge < -0.3 is 10.1 Å². The van der Waals surface area contributed by atoms with Crippen molar-refractivity contribution in [2.45, 2.75) is 45.6 Å². The van der Waals surface area contributed by atoms with Gasteiger partial charge in [-0.15, -0.1) is 0 Å². The second kappa shape index (κ2) is 9.21. The van der Waals surface area contributed by atoms with Gasteiger partial charge in [-0.3, -0.25) is 4.90 Å². The number of aryl methyl sites for hydroxylation is 2. The molecule has 32 heavy (non-hydrogen) atoms. The van der Waals surface area contributed by atoms with Crippen molar-refractivity contribution in [2.75, 3.05) is 25.0 Å². The highest BCUT2D eigenvalue weighted by Crippen LogP contribution is 2.29. The van der Waals surface area contributed by atoms with E-state index in [1.807, 2.05) is 4.68 Å². The molecule has 2 aliphatic rings. The summed E-state index contributed by atoms with van der Waals surface area (Å²) in [5, 5.41) is 8.20. The summed E-state index contributed by atoms with van der Waals surface area (Å²) in [5.74, 6) is 0.942. The summed E-state index contributed by atoms with van der Waals surface area (Å²) in [5.41, 5.74) is 8.59. The van der Waals surface area contributed by atoms with Crippen LogP contribution in [0.5, 0.6) is 5.75 Å². The van der Waals surface area contributed by atoms with Crippen molar-refractivity contribution >= 4 is 5.69 Å². The van der Waals surface area contributed by atoms with E-state index in [1.165, 1.54) is 22.4 Å². The lowest BCUT2D eigenvalue weighted by Crippen LogP contribution is -2.31. The summed E-state index contributed by atoms with van der Waals surface area (Å²) in [4.78, 5) is 2.54. The maximum atomic E-state index is 6.01. The number of ether oxygens (including phenoxy) is 1. The van der Waals surface area contributed by atoms with Crippen LogP contribution < -0.4 is 10.1 Å². The van der Waals surface area contributed by atoms with E-state index >= 15 is 0 Å². The first-order valence-electron chi connectivity index (χ1n) is 11.7. The summed E-state index contributed by atoms with van der Waals surface area (Å²) in [6, 6.07) is 14.9. The van der Waals surface area contributed by atoms with Crippen LogP contribution in [0.15, 0.2) is 60.9 Å².